The lowest BCUT2D eigenvalue weighted by Crippen LogP contribution is -2.50. The van der Waals surface area contributed by atoms with Gasteiger partial charge in [-0.25, -0.2) is 0 Å². The minimum atomic E-state index is -2.88. The van der Waals surface area contributed by atoms with Crippen LogP contribution in [0.3, 0.4) is 0 Å². The second-order valence-electron chi connectivity index (χ2n) is 4.98. The van der Waals surface area contributed by atoms with E-state index in [4.69, 9.17) is 13.3 Å². The summed E-state index contributed by atoms with van der Waals surface area (Å²) >= 11 is 4.54. The molecule has 0 aliphatic heterocycles. The molecule has 0 amide bonds. The van der Waals surface area contributed by atoms with Gasteiger partial charge >= 0.3 is 8.80 Å². The number of thiol groups is 1. The predicted octanol–water partition coefficient (Wildman–Crippen LogP) is 3.48. The van der Waals surface area contributed by atoms with Crippen LogP contribution in [0.15, 0.2) is 0 Å². The summed E-state index contributed by atoms with van der Waals surface area (Å²) in [4.78, 5) is 12.4. The Hall–Kier alpha value is 0.117. The third kappa shape index (κ3) is 5.85. The van der Waals surface area contributed by atoms with Gasteiger partial charge < -0.3 is 13.3 Å². The van der Waals surface area contributed by atoms with Crippen molar-refractivity contribution in [3.63, 3.8) is 0 Å². The molecule has 4 nitrogen and oxygen atoms in total. The zero-order valence-corrected chi connectivity index (χ0v) is 15.4. The third-order valence-corrected chi connectivity index (χ3v) is 7.50. The number of rotatable bonds is 12. The highest BCUT2D eigenvalue weighted by Gasteiger charge is 2.49. The average molecular weight is 323 g/mol. The number of Topliss-reactive ketones (excluding diaryl/α,β-unsaturated/α-hetero) is 1. The summed E-state index contributed by atoms with van der Waals surface area (Å²) in [5.41, 5.74) is -0.283. The Morgan fingerprint density at radius 3 is 2.05 bits per heavy atom. The summed E-state index contributed by atoms with van der Waals surface area (Å²) in [7, 11) is 1.78. The number of hydrogen-bond donors (Lipinski definition) is 1. The van der Waals surface area contributed by atoms with Crippen LogP contribution in [0.4, 0.5) is 0 Å². The zero-order chi connectivity index (χ0) is 15.6. The van der Waals surface area contributed by atoms with Gasteiger partial charge in [0.05, 0.1) is 5.54 Å². The maximum atomic E-state index is 12.4. The number of unbranched alkanes of at least 4 members (excludes halogenated alkanes) is 1. The Morgan fingerprint density at radius 1 is 1.10 bits per heavy atom. The van der Waals surface area contributed by atoms with Crippen molar-refractivity contribution in [2.24, 2.45) is 0 Å². The van der Waals surface area contributed by atoms with Gasteiger partial charge in [0.25, 0.3) is 0 Å². The maximum Gasteiger partial charge on any atom is 0.511 e. The van der Waals surface area contributed by atoms with Crippen LogP contribution in [0.25, 0.3) is 0 Å². The van der Waals surface area contributed by atoms with E-state index in [2.05, 4.69) is 19.6 Å². The van der Waals surface area contributed by atoms with E-state index in [1.54, 1.807) is 21.3 Å². The molecule has 0 radical (unpaired) electrons. The van der Waals surface area contributed by atoms with Gasteiger partial charge in [-0.2, -0.15) is 12.6 Å². The molecule has 0 heterocycles. The molecule has 20 heavy (non-hydrogen) atoms. The van der Waals surface area contributed by atoms with Crippen molar-refractivity contribution in [3.8, 4) is 0 Å². The van der Waals surface area contributed by atoms with Gasteiger partial charge in [-0.3, -0.25) is 4.79 Å². The summed E-state index contributed by atoms with van der Waals surface area (Å²) in [5.74, 6) is 0.167. The van der Waals surface area contributed by atoms with Crippen molar-refractivity contribution < 1.29 is 18.1 Å². The minimum Gasteiger partial charge on any atom is -0.376 e. The summed E-state index contributed by atoms with van der Waals surface area (Å²) in [6.07, 6.45) is 5.38. The van der Waals surface area contributed by atoms with E-state index in [1.807, 2.05) is 6.92 Å². The Balaban J connectivity index is 4.54. The molecule has 0 aliphatic carbocycles. The van der Waals surface area contributed by atoms with Crippen molar-refractivity contribution in [2.75, 3.05) is 21.3 Å². The van der Waals surface area contributed by atoms with Crippen LogP contribution in [0.5, 0.6) is 0 Å². The first kappa shape index (κ1) is 20.1. The molecule has 0 fully saturated rings. The van der Waals surface area contributed by atoms with Gasteiger partial charge in [-0.05, 0) is 19.3 Å². The smallest absolute Gasteiger partial charge is 0.376 e. The lowest BCUT2D eigenvalue weighted by Gasteiger charge is -2.31. The van der Waals surface area contributed by atoms with E-state index >= 15 is 0 Å². The molecule has 2 atom stereocenters. The number of hydrogen-bond acceptors (Lipinski definition) is 5. The molecule has 0 aromatic carbocycles. The Morgan fingerprint density at radius 2 is 1.65 bits per heavy atom. The summed E-state index contributed by atoms with van der Waals surface area (Å²) in [6.45, 7) is 4.13. The van der Waals surface area contributed by atoms with Gasteiger partial charge in [-0.15, -0.1) is 0 Å². The van der Waals surface area contributed by atoms with Gasteiger partial charge in [0.1, 0.15) is 5.78 Å². The highest BCUT2D eigenvalue weighted by atomic mass is 32.1. The van der Waals surface area contributed by atoms with E-state index < -0.39 is 8.80 Å². The minimum absolute atomic E-state index is 0.167. The maximum absolute atomic E-state index is 12.4. The molecule has 0 saturated carbocycles. The largest absolute Gasteiger partial charge is 0.511 e. The molecule has 120 valence electrons. The third-order valence-electron chi connectivity index (χ3n) is 3.69. The fourth-order valence-corrected chi connectivity index (χ4v) is 5.12. The second-order valence-corrected chi connectivity index (χ2v) is 8.84. The summed E-state index contributed by atoms with van der Waals surface area (Å²) in [5, 5.41) is 0.292. The monoisotopic (exact) mass is 322 g/mol. The summed E-state index contributed by atoms with van der Waals surface area (Å²) < 4.78 is 16.3. The first-order valence-corrected chi connectivity index (χ1v) is 9.69. The fourth-order valence-electron chi connectivity index (χ4n) is 2.42. The van der Waals surface area contributed by atoms with Crippen LogP contribution >= 0.6 is 12.6 Å². The molecule has 0 N–H and O–H groups in total. The predicted molar refractivity (Wildman–Crippen MR) is 87.4 cm³/mol. The van der Waals surface area contributed by atoms with Gasteiger partial charge in [-0.1, -0.05) is 26.7 Å². The van der Waals surface area contributed by atoms with Crippen LogP contribution in [-0.2, 0) is 18.1 Å². The molecule has 6 heteroatoms. The van der Waals surface area contributed by atoms with E-state index in [9.17, 15) is 4.79 Å². The number of carbonyl (C=O) groups excluding carboxylic acids is 1. The van der Waals surface area contributed by atoms with Crippen LogP contribution < -0.4 is 0 Å². The molecule has 0 rings (SSSR count). The van der Waals surface area contributed by atoms with Crippen molar-refractivity contribution in [1.82, 2.24) is 0 Å². The van der Waals surface area contributed by atoms with Crippen molar-refractivity contribution >= 4 is 27.2 Å². The van der Waals surface area contributed by atoms with Crippen molar-refractivity contribution in [1.29, 1.82) is 0 Å². The van der Waals surface area contributed by atoms with Crippen molar-refractivity contribution in [2.45, 2.75) is 63.2 Å². The molecule has 0 bridgehead atoms. The normalized spacial score (nSPS) is 15.1. The van der Waals surface area contributed by atoms with Crippen LogP contribution in [0.1, 0.15) is 52.4 Å². The molecule has 2 unspecified atom stereocenters. The van der Waals surface area contributed by atoms with Crippen molar-refractivity contribution in [3.05, 3.63) is 0 Å². The van der Waals surface area contributed by atoms with E-state index in [1.165, 1.54) is 0 Å². The number of carbonyl (C=O) groups is 1. The second kappa shape index (κ2) is 10.8. The Labute approximate surface area is 130 Å². The molecule has 0 aromatic rings. The van der Waals surface area contributed by atoms with Crippen LogP contribution in [0, 0.1) is 0 Å². The zero-order valence-electron chi connectivity index (χ0n) is 13.5. The summed E-state index contributed by atoms with van der Waals surface area (Å²) in [6, 6.07) is 0. The quantitative estimate of drug-likeness (QED) is 0.441. The number of ketones is 1. The van der Waals surface area contributed by atoms with Crippen LogP contribution in [-0.4, -0.2) is 41.2 Å². The molecule has 0 aliphatic rings. The Bertz CT molecular complexity index is 264. The molecular weight excluding hydrogens is 292 g/mol. The molecule has 0 spiro atoms. The highest BCUT2D eigenvalue weighted by molar-refractivity contribution is 7.80. The molecule has 0 saturated heterocycles. The molecule has 0 aromatic heterocycles. The van der Waals surface area contributed by atoms with Crippen LogP contribution in [0.2, 0.25) is 5.54 Å². The first-order chi connectivity index (χ1) is 9.51. The highest BCUT2D eigenvalue weighted by Crippen LogP contribution is 2.30. The lowest BCUT2D eigenvalue weighted by molar-refractivity contribution is -0.120. The topological polar surface area (TPSA) is 44.8 Å². The fraction of sp³-hybridized carbons (Fsp3) is 0.929. The first-order valence-electron chi connectivity index (χ1n) is 7.37. The average Bonchev–Trinajstić information content (AvgIpc) is 2.48. The molecular formula is C14H30O4SSi. The van der Waals surface area contributed by atoms with Gasteiger partial charge in [0, 0.05) is 33.0 Å². The van der Waals surface area contributed by atoms with Gasteiger partial charge in [0.15, 0.2) is 0 Å². The lowest BCUT2D eigenvalue weighted by atomic mass is 10.1. The standard InChI is InChI=1S/C14H30O4SSi/c1-6-8-9-12(19)10-11-13(15)14(7-2)20(16-3,17-4)18-5/h12,14,19H,6-11H2,1-5H3. The van der Waals surface area contributed by atoms with E-state index in [0.29, 0.717) is 18.1 Å². The van der Waals surface area contributed by atoms with Gasteiger partial charge in [0.2, 0.25) is 0 Å². The van der Waals surface area contributed by atoms with E-state index in [0.717, 1.165) is 25.7 Å². The van der Waals surface area contributed by atoms with E-state index in [-0.39, 0.29) is 11.3 Å². The SMILES string of the molecule is CCCCC(S)CCC(=O)C(CC)[Si](OC)(OC)OC. The Kier molecular flexibility index (Phi) is 10.9.